The lowest BCUT2D eigenvalue weighted by molar-refractivity contribution is 0.340. The van der Waals surface area contributed by atoms with Gasteiger partial charge < -0.3 is 9.84 Å². The molecule has 0 unspecified atom stereocenters. The summed E-state index contributed by atoms with van der Waals surface area (Å²) in [4.78, 5) is 4.43. The molecule has 4 nitrogen and oxygen atoms in total. The van der Waals surface area contributed by atoms with E-state index in [4.69, 9.17) is 4.52 Å². The van der Waals surface area contributed by atoms with Crippen LogP contribution in [0.15, 0.2) is 4.52 Å². The van der Waals surface area contributed by atoms with Crippen molar-refractivity contribution in [1.82, 2.24) is 15.5 Å². The number of rotatable bonds is 3. The fraction of sp³-hybridized carbons (Fsp3) is 0.800. The maximum absolute atomic E-state index is 5.25. The SMILES string of the molecule is C1CN[C@@H](c2nc(CC3CC3)no2)C1. The molecule has 1 aliphatic heterocycles. The lowest BCUT2D eigenvalue weighted by Gasteiger charge is -2.01. The highest BCUT2D eigenvalue weighted by atomic mass is 16.5. The normalized spacial score (nSPS) is 27.0. The zero-order valence-electron chi connectivity index (χ0n) is 8.20. The Morgan fingerprint density at radius 2 is 2.29 bits per heavy atom. The van der Waals surface area contributed by atoms with Crippen LogP contribution < -0.4 is 5.32 Å². The predicted molar refractivity (Wildman–Crippen MR) is 50.7 cm³/mol. The predicted octanol–water partition coefficient (Wildman–Crippen LogP) is 1.45. The van der Waals surface area contributed by atoms with Crippen LogP contribution in [0.2, 0.25) is 0 Å². The summed E-state index contributed by atoms with van der Waals surface area (Å²) in [7, 11) is 0. The molecule has 1 saturated heterocycles. The van der Waals surface area contributed by atoms with Crippen molar-refractivity contribution in [3.05, 3.63) is 11.7 Å². The van der Waals surface area contributed by atoms with Gasteiger partial charge in [-0.1, -0.05) is 5.16 Å². The number of hydrogen-bond acceptors (Lipinski definition) is 4. The third-order valence-electron chi connectivity index (χ3n) is 3.01. The number of nitrogens with one attached hydrogen (secondary N) is 1. The van der Waals surface area contributed by atoms with Crippen LogP contribution in [-0.4, -0.2) is 16.7 Å². The lowest BCUT2D eigenvalue weighted by atomic mass is 10.2. The molecule has 1 aromatic heterocycles. The second-order valence-electron chi connectivity index (χ2n) is 4.35. The molecule has 1 saturated carbocycles. The Hall–Kier alpha value is -0.900. The van der Waals surface area contributed by atoms with Gasteiger partial charge in [-0.15, -0.1) is 0 Å². The van der Waals surface area contributed by atoms with Gasteiger partial charge in [0.2, 0.25) is 5.89 Å². The van der Waals surface area contributed by atoms with Crippen molar-refractivity contribution in [3.8, 4) is 0 Å². The molecule has 4 heteroatoms. The van der Waals surface area contributed by atoms with Crippen LogP contribution in [0.3, 0.4) is 0 Å². The molecule has 1 N–H and O–H groups in total. The van der Waals surface area contributed by atoms with Crippen molar-refractivity contribution in [2.24, 2.45) is 5.92 Å². The van der Waals surface area contributed by atoms with E-state index in [1.165, 1.54) is 19.3 Å². The van der Waals surface area contributed by atoms with Gasteiger partial charge in [-0.3, -0.25) is 0 Å². The van der Waals surface area contributed by atoms with Gasteiger partial charge in [0, 0.05) is 6.42 Å². The van der Waals surface area contributed by atoms with Gasteiger partial charge in [0.25, 0.3) is 0 Å². The molecule has 1 aliphatic carbocycles. The number of hydrogen-bond donors (Lipinski definition) is 1. The molecular formula is C10H15N3O. The van der Waals surface area contributed by atoms with Crippen LogP contribution in [0.5, 0.6) is 0 Å². The Kier molecular flexibility index (Phi) is 2.01. The molecule has 2 aliphatic rings. The van der Waals surface area contributed by atoms with E-state index in [-0.39, 0.29) is 0 Å². The van der Waals surface area contributed by atoms with Crippen LogP contribution in [0, 0.1) is 5.92 Å². The topological polar surface area (TPSA) is 51.0 Å². The molecule has 76 valence electrons. The second kappa shape index (κ2) is 3.35. The minimum atomic E-state index is 0.315. The van der Waals surface area contributed by atoms with Gasteiger partial charge >= 0.3 is 0 Å². The Morgan fingerprint density at radius 1 is 1.36 bits per heavy atom. The van der Waals surface area contributed by atoms with Crippen LogP contribution >= 0.6 is 0 Å². The van der Waals surface area contributed by atoms with E-state index in [2.05, 4.69) is 15.5 Å². The van der Waals surface area contributed by atoms with Crippen molar-refractivity contribution >= 4 is 0 Å². The van der Waals surface area contributed by atoms with Gasteiger partial charge in [0.1, 0.15) is 0 Å². The molecule has 0 bridgehead atoms. The molecule has 1 aromatic rings. The molecule has 2 heterocycles. The monoisotopic (exact) mass is 193 g/mol. The van der Waals surface area contributed by atoms with E-state index in [0.717, 1.165) is 37.0 Å². The highest BCUT2D eigenvalue weighted by molar-refractivity contribution is 4.97. The molecular weight excluding hydrogens is 178 g/mol. The molecule has 0 aromatic carbocycles. The molecule has 0 amide bonds. The highest BCUT2D eigenvalue weighted by Crippen LogP contribution is 2.32. The van der Waals surface area contributed by atoms with E-state index in [9.17, 15) is 0 Å². The zero-order valence-corrected chi connectivity index (χ0v) is 8.20. The van der Waals surface area contributed by atoms with E-state index in [1.54, 1.807) is 0 Å². The van der Waals surface area contributed by atoms with E-state index >= 15 is 0 Å². The summed E-state index contributed by atoms with van der Waals surface area (Å²) in [5, 5.41) is 7.37. The van der Waals surface area contributed by atoms with Crippen molar-refractivity contribution in [3.63, 3.8) is 0 Å². The average Bonchev–Trinajstić information content (AvgIpc) is 2.71. The summed E-state index contributed by atoms with van der Waals surface area (Å²) < 4.78 is 5.25. The first-order valence-corrected chi connectivity index (χ1v) is 5.47. The minimum absolute atomic E-state index is 0.315. The van der Waals surface area contributed by atoms with Gasteiger partial charge in [0.15, 0.2) is 5.82 Å². The molecule has 14 heavy (non-hydrogen) atoms. The first kappa shape index (κ1) is 8.41. The van der Waals surface area contributed by atoms with Gasteiger partial charge in [-0.2, -0.15) is 4.98 Å². The molecule has 1 atom stereocenters. The largest absolute Gasteiger partial charge is 0.338 e. The summed E-state index contributed by atoms with van der Waals surface area (Å²) in [6.07, 6.45) is 6.03. The van der Waals surface area contributed by atoms with Gasteiger partial charge in [-0.25, -0.2) is 0 Å². The fourth-order valence-corrected chi connectivity index (χ4v) is 1.97. The third kappa shape index (κ3) is 1.66. The van der Waals surface area contributed by atoms with Crippen LogP contribution in [0.1, 0.15) is 43.4 Å². The maximum atomic E-state index is 5.25. The smallest absolute Gasteiger partial charge is 0.243 e. The Labute approximate surface area is 83.1 Å². The molecule has 2 fully saturated rings. The number of nitrogens with zero attached hydrogens (tertiary/aromatic N) is 2. The van der Waals surface area contributed by atoms with Crippen LogP contribution in [0.4, 0.5) is 0 Å². The molecule has 3 rings (SSSR count). The van der Waals surface area contributed by atoms with Crippen molar-refractivity contribution < 1.29 is 4.52 Å². The van der Waals surface area contributed by atoms with E-state index < -0.39 is 0 Å². The average molecular weight is 193 g/mol. The lowest BCUT2D eigenvalue weighted by Crippen LogP contribution is -2.13. The van der Waals surface area contributed by atoms with Crippen molar-refractivity contribution in [2.75, 3.05) is 6.54 Å². The van der Waals surface area contributed by atoms with Crippen LogP contribution in [0.25, 0.3) is 0 Å². The van der Waals surface area contributed by atoms with E-state index in [0.29, 0.717) is 6.04 Å². The quantitative estimate of drug-likeness (QED) is 0.789. The van der Waals surface area contributed by atoms with E-state index in [1.807, 2.05) is 0 Å². The summed E-state index contributed by atoms with van der Waals surface area (Å²) in [5.41, 5.74) is 0. The van der Waals surface area contributed by atoms with Gasteiger partial charge in [0.05, 0.1) is 6.04 Å². The second-order valence-corrected chi connectivity index (χ2v) is 4.35. The Morgan fingerprint density at radius 3 is 3.00 bits per heavy atom. The highest BCUT2D eigenvalue weighted by Gasteiger charge is 2.26. The van der Waals surface area contributed by atoms with Crippen LogP contribution in [-0.2, 0) is 6.42 Å². The Bertz CT molecular complexity index is 313. The van der Waals surface area contributed by atoms with Crippen molar-refractivity contribution in [2.45, 2.75) is 38.1 Å². The maximum Gasteiger partial charge on any atom is 0.243 e. The number of aromatic nitrogens is 2. The molecule has 0 spiro atoms. The minimum Gasteiger partial charge on any atom is -0.338 e. The standard InChI is InChI=1S/C10H15N3O/c1-2-8(11-5-1)10-12-9(13-14-10)6-7-3-4-7/h7-8,11H,1-6H2/t8-/m1/s1. The summed E-state index contributed by atoms with van der Waals surface area (Å²) in [6, 6.07) is 0.315. The first-order chi connectivity index (χ1) is 6.92. The summed E-state index contributed by atoms with van der Waals surface area (Å²) >= 11 is 0. The molecule has 0 radical (unpaired) electrons. The third-order valence-corrected chi connectivity index (χ3v) is 3.01. The first-order valence-electron chi connectivity index (χ1n) is 5.47. The zero-order chi connectivity index (χ0) is 9.38. The van der Waals surface area contributed by atoms with Gasteiger partial charge in [-0.05, 0) is 38.1 Å². The fourth-order valence-electron chi connectivity index (χ4n) is 1.97. The Balaban J connectivity index is 1.68. The van der Waals surface area contributed by atoms with Crippen molar-refractivity contribution in [1.29, 1.82) is 0 Å². The summed E-state index contributed by atoms with van der Waals surface area (Å²) in [5.74, 6) is 2.52. The summed E-state index contributed by atoms with van der Waals surface area (Å²) in [6.45, 7) is 1.07.